The normalized spacial score (nSPS) is 21.1. The molecule has 0 saturated heterocycles. The van der Waals surface area contributed by atoms with Gasteiger partial charge in [-0.15, -0.1) is 0 Å². The average molecular weight is 370 g/mol. The van der Waals surface area contributed by atoms with Crippen LogP contribution in [0.4, 0.5) is 4.39 Å². The van der Waals surface area contributed by atoms with E-state index in [0.717, 1.165) is 16.5 Å². The zero-order valence-corrected chi connectivity index (χ0v) is 13.7. The Labute approximate surface area is 136 Å². The second-order valence-electron chi connectivity index (χ2n) is 5.74. The van der Waals surface area contributed by atoms with E-state index in [2.05, 4.69) is 28.1 Å². The van der Waals surface area contributed by atoms with E-state index in [-0.39, 0.29) is 5.02 Å². The van der Waals surface area contributed by atoms with Crippen LogP contribution < -0.4 is 0 Å². The second kappa shape index (κ2) is 5.71. The molecule has 1 atom stereocenters. The van der Waals surface area contributed by atoms with Gasteiger partial charge in [-0.2, -0.15) is 0 Å². The highest BCUT2D eigenvalue weighted by Crippen LogP contribution is 2.33. The predicted octanol–water partition coefficient (Wildman–Crippen LogP) is 4.70. The molecule has 4 heteroatoms. The van der Waals surface area contributed by atoms with Crippen LogP contribution in [0.15, 0.2) is 40.9 Å². The van der Waals surface area contributed by atoms with Crippen LogP contribution in [0.1, 0.15) is 23.1 Å². The Bertz CT molecular complexity index is 688. The van der Waals surface area contributed by atoms with Gasteiger partial charge in [0.05, 0.1) is 10.6 Å². The Morgan fingerprint density at radius 1 is 1.19 bits per heavy atom. The van der Waals surface area contributed by atoms with Crippen LogP contribution in [-0.2, 0) is 19.3 Å². The smallest absolute Gasteiger partial charge is 0.141 e. The molecule has 1 unspecified atom stereocenters. The van der Waals surface area contributed by atoms with E-state index in [4.69, 9.17) is 11.6 Å². The largest absolute Gasteiger partial charge is 0.389 e. The molecule has 3 rings (SSSR count). The first kappa shape index (κ1) is 15.0. The van der Waals surface area contributed by atoms with E-state index >= 15 is 0 Å². The second-order valence-corrected chi connectivity index (χ2v) is 7.06. The van der Waals surface area contributed by atoms with Crippen molar-refractivity contribution in [2.45, 2.75) is 31.3 Å². The number of halogens is 3. The fourth-order valence-corrected chi connectivity index (χ4v) is 3.60. The minimum atomic E-state index is -0.790. The molecule has 1 aliphatic carbocycles. The molecule has 0 amide bonds. The Morgan fingerprint density at radius 2 is 2.00 bits per heavy atom. The summed E-state index contributed by atoms with van der Waals surface area (Å²) >= 11 is 9.29. The van der Waals surface area contributed by atoms with Crippen LogP contribution in [0, 0.1) is 5.82 Å². The topological polar surface area (TPSA) is 20.2 Å². The molecule has 0 aliphatic heterocycles. The summed E-state index contributed by atoms with van der Waals surface area (Å²) in [5.41, 5.74) is 2.54. The lowest BCUT2D eigenvalue weighted by atomic mass is 9.77. The van der Waals surface area contributed by atoms with Gasteiger partial charge in [-0.1, -0.05) is 39.7 Å². The number of fused-ring (bicyclic) bond motifs is 1. The number of rotatable bonds is 2. The highest BCUT2D eigenvalue weighted by molar-refractivity contribution is 9.10. The van der Waals surface area contributed by atoms with Gasteiger partial charge in [0, 0.05) is 17.3 Å². The van der Waals surface area contributed by atoms with Crippen molar-refractivity contribution in [1.82, 2.24) is 0 Å². The Morgan fingerprint density at radius 3 is 2.76 bits per heavy atom. The molecular weight excluding hydrogens is 355 g/mol. The van der Waals surface area contributed by atoms with Crippen molar-refractivity contribution >= 4 is 27.5 Å². The van der Waals surface area contributed by atoms with Gasteiger partial charge in [-0.05, 0) is 53.8 Å². The van der Waals surface area contributed by atoms with Crippen LogP contribution in [0.25, 0.3) is 0 Å². The van der Waals surface area contributed by atoms with Crippen molar-refractivity contribution in [1.29, 1.82) is 0 Å². The number of hydrogen-bond donors (Lipinski definition) is 1. The van der Waals surface area contributed by atoms with E-state index in [9.17, 15) is 9.50 Å². The summed E-state index contributed by atoms with van der Waals surface area (Å²) in [5, 5.41) is 11.0. The molecule has 1 aliphatic rings. The van der Waals surface area contributed by atoms with Gasteiger partial charge in [0.2, 0.25) is 0 Å². The number of benzene rings is 2. The standard InChI is InChI=1S/C17H15BrClFO/c18-14-3-2-13-10-17(21,6-5-12(13)8-14)9-11-1-4-16(20)15(19)7-11/h1-4,7-8,21H,5-6,9-10H2. The lowest BCUT2D eigenvalue weighted by Crippen LogP contribution is -2.38. The summed E-state index contributed by atoms with van der Waals surface area (Å²) in [7, 11) is 0. The summed E-state index contributed by atoms with van der Waals surface area (Å²) in [6, 6.07) is 10.8. The Balaban J connectivity index is 1.82. The predicted molar refractivity (Wildman–Crippen MR) is 86.2 cm³/mol. The van der Waals surface area contributed by atoms with Gasteiger partial charge in [-0.25, -0.2) is 4.39 Å². The molecule has 1 nitrogen and oxygen atoms in total. The maximum absolute atomic E-state index is 13.2. The van der Waals surface area contributed by atoms with E-state index in [1.54, 1.807) is 12.1 Å². The SMILES string of the molecule is OC1(Cc2ccc(F)c(Cl)c2)CCc2cc(Br)ccc2C1. The lowest BCUT2D eigenvalue weighted by Gasteiger charge is -2.34. The van der Waals surface area contributed by atoms with Gasteiger partial charge in [0.25, 0.3) is 0 Å². The Kier molecular flexibility index (Phi) is 4.08. The van der Waals surface area contributed by atoms with Crippen LogP contribution in [0.3, 0.4) is 0 Å². The highest BCUT2D eigenvalue weighted by atomic mass is 79.9. The minimum Gasteiger partial charge on any atom is -0.389 e. The van der Waals surface area contributed by atoms with Gasteiger partial charge in [0.15, 0.2) is 0 Å². The van der Waals surface area contributed by atoms with E-state index in [0.29, 0.717) is 19.3 Å². The molecule has 0 aromatic heterocycles. The van der Waals surface area contributed by atoms with E-state index in [1.807, 2.05) is 6.07 Å². The van der Waals surface area contributed by atoms with Crippen molar-refractivity contribution in [2.24, 2.45) is 0 Å². The van der Waals surface area contributed by atoms with Gasteiger partial charge in [0.1, 0.15) is 5.82 Å². The highest BCUT2D eigenvalue weighted by Gasteiger charge is 2.32. The zero-order chi connectivity index (χ0) is 15.0. The summed E-state index contributed by atoms with van der Waals surface area (Å²) in [6.07, 6.45) is 2.65. The Hall–Kier alpha value is -0.900. The van der Waals surface area contributed by atoms with Crippen molar-refractivity contribution in [3.05, 3.63) is 68.4 Å². The van der Waals surface area contributed by atoms with Crippen LogP contribution in [0.5, 0.6) is 0 Å². The van der Waals surface area contributed by atoms with Gasteiger partial charge < -0.3 is 5.11 Å². The minimum absolute atomic E-state index is 0.108. The maximum atomic E-state index is 13.2. The first-order valence-electron chi connectivity index (χ1n) is 6.89. The number of hydrogen-bond acceptors (Lipinski definition) is 1. The number of aryl methyl sites for hydroxylation is 1. The van der Waals surface area contributed by atoms with Crippen molar-refractivity contribution < 1.29 is 9.50 Å². The molecule has 0 bridgehead atoms. The van der Waals surface area contributed by atoms with E-state index in [1.165, 1.54) is 17.2 Å². The molecule has 0 saturated carbocycles. The third kappa shape index (κ3) is 3.31. The first-order valence-corrected chi connectivity index (χ1v) is 8.06. The monoisotopic (exact) mass is 368 g/mol. The van der Waals surface area contributed by atoms with Crippen molar-refractivity contribution in [3.63, 3.8) is 0 Å². The summed E-state index contributed by atoms with van der Waals surface area (Å²) in [5.74, 6) is -0.425. The molecule has 0 heterocycles. The first-order chi connectivity index (χ1) is 9.95. The summed E-state index contributed by atoms with van der Waals surface area (Å²) < 4.78 is 14.3. The van der Waals surface area contributed by atoms with Crippen LogP contribution in [-0.4, -0.2) is 10.7 Å². The molecule has 110 valence electrons. The molecule has 0 spiro atoms. The van der Waals surface area contributed by atoms with Gasteiger partial charge in [-0.3, -0.25) is 0 Å². The fraction of sp³-hybridized carbons (Fsp3) is 0.294. The lowest BCUT2D eigenvalue weighted by molar-refractivity contribution is 0.0267. The van der Waals surface area contributed by atoms with Crippen molar-refractivity contribution in [2.75, 3.05) is 0 Å². The summed E-state index contributed by atoms with van der Waals surface area (Å²) in [6.45, 7) is 0. The average Bonchev–Trinajstić information content (AvgIpc) is 2.43. The van der Waals surface area contributed by atoms with Crippen LogP contribution >= 0.6 is 27.5 Å². The van der Waals surface area contributed by atoms with E-state index < -0.39 is 11.4 Å². The van der Waals surface area contributed by atoms with Crippen LogP contribution in [0.2, 0.25) is 5.02 Å². The third-order valence-electron chi connectivity index (χ3n) is 4.06. The quantitative estimate of drug-likeness (QED) is 0.813. The molecule has 0 radical (unpaired) electrons. The fourth-order valence-electron chi connectivity index (χ4n) is 2.99. The molecule has 21 heavy (non-hydrogen) atoms. The molecule has 0 fully saturated rings. The maximum Gasteiger partial charge on any atom is 0.141 e. The molecule has 1 N–H and O–H groups in total. The molecule has 2 aromatic carbocycles. The number of aliphatic hydroxyl groups is 1. The zero-order valence-electron chi connectivity index (χ0n) is 11.4. The summed E-state index contributed by atoms with van der Waals surface area (Å²) in [4.78, 5) is 0. The van der Waals surface area contributed by atoms with Gasteiger partial charge >= 0.3 is 0 Å². The third-order valence-corrected chi connectivity index (χ3v) is 4.85. The molecule has 2 aromatic rings. The molecular formula is C17H15BrClFO. The van der Waals surface area contributed by atoms with Crippen molar-refractivity contribution in [3.8, 4) is 0 Å².